The van der Waals surface area contributed by atoms with Crippen LogP contribution in [0, 0.1) is 5.82 Å². The lowest BCUT2D eigenvalue weighted by atomic mass is 10.0. The lowest BCUT2D eigenvalue weighted by Gasteiger charge is -2.11. The molecule has 2 aromatic rings. The van der Waals surface area contributed by atoms with Crippen LogP contribution in [0.15, 0.2) is 48.5 Å². The highest BCUT2D eigenvalue weighted by Crippen LogP contribution is 2.30. The highest BCUT2D eigenvalue weighted by Gasteiger charge is 2.12. The Morgan fingerprint density at radius 2 is 1.83 bits per heavy atom. The van der Waals surface area contributed by atoms with Crippen LogP contribution in [0.5, 0.6) is 0 Å². The summed E-state index contributed by atoms with van der Waals surface area (Å²) in [4.78, 5) is 11.3. The molecule has 0 aliphatic rings. The van der Waals surface area contributed by atoms with E-state index in [1.807, 2.05) is 30.3 Å². The van der Waals surface area contributed by atoms with Crippen LogP contribution < -0.4 is 5.32 Å². The summed E-state index contributed by atoms with van der Waals surface area (Å²) in [6.07, 6.45) is 0. The number of halogens is 2. The van der Waals surface area contributed by atoms with E-state index >= 15 is 0 Å². The molecule has 2 nitrogen and oxygen atoms in total. The third-order valence-electron chi connectivity index (χ3n) is 2.48. The Morgan fingerprint density at radius 1 is 1.11 bits per heavy atom. The number of hydrogen-bond acceptors (Lipinski definition) is 1. The van der Waals surface area contributed by atoms with Crippen LogP contribution in [0.2, 0.25) is 0 Å². The van der Waals surface area contributed by atoms with Crippen LogP contribution >= 0.6 is 11.6 Å². The Hall–Kier alpha value is -1.87. The molecule has 0 atom stereocenters. The van der Waals surface area contributed by atoms with Gasteiger partial charge in [0.1, 0.15) is 11.7 Å². The standard InChI is InChI=1S/C14H11ClFNO/c15-9-13(18)17-14-11(7-4-8-12(14)16)10-5-2-1-3-6-10/h1-8H,9H2,(H,17,18). The number of carbonyl (C=O) groups excluding carboxylic acids is 1. The van der Waals surface area contributed by atoms with Gasteiger partial charge in [-0.2, -0.15) is 0 Å². The van der Waals surface area contributed by atoms with Crippen molar-refractivity contribution < 1.29 is 9.18 Å². The van der Waals surface area contributed by atoms with Crippen molar-refractivity contribution in [2.24, 2.45) is 0 Å². The summed E-state index contributed by atoms with van der Waals surface area (Å²) < 4.78 is 13.8. The van der Waals surface area contributed by atoms with Crippen LogP contribution in [-0.4, -0.2) is 11.8 Å². The number of benzene rings is 2. The molecular formula is C14H11ClFNO. The molecule has 92 valence electrons. The molecule has 0 aliphatic carbocycles. The van der Waals surface area contributed by atoms with Crippen LogP contribution in [-0.2, 0) is 4.79 Å². The minimum absolute atomic E-state index is 0.161. The van der Waals surface area contributed by atoms with E-state index in [9.17, 15) is 9.18 Å². The van der Waals surface area contributed by atoms with E-state index < -0.39 is 11.7 Å². The Labute approximate surface area is 109 Å². The number of nitrogens with one attached hydrogen (secondary N) is 1. The molecule has 18 heavy (non-hydrogen) atoms. The van der Waals surface area contributed by atoms with Crippen LogP contribution in [0.3, 0.4) is 0 Å². The second-order valence-corrected chi connectivity index (χ2v) is 3.98. The molecular weight excluding hydrogens is 253 g/mol. The third-order valence-corrected chi connectivity index (χ3v) is 2.73. The van der Waals surface area contributed by atoms with Gasteiger partial charge in [0.25, 0.3) is 0 Å². The molecule has 0 heterocycles. The van der Waals surface area contributed by atoms with Gasteiger partial charge in [-0.15, -0.1) is 11.6 Å². The van der Waals surface area contributed by atoms with E-state index in [1.54, 1.807) is 12.1 Å². The maximum atomic E-state index is 13.8. The number of amides is 1. The third kappa shape index (κ3) is 2.68. The Bertz CT molecular complexity index is 557. The summed E-state index contributed by atoms with van der Waals surface area (Å²) in [6, 6.07) is 13.9. The van der Waals surface area contributed by atoms with Crippen molar-refractivity contribution >= 4 is 23.2 Å². The largest absolute Gasteiger partial charge is 0.322 e. The first-order valence-corrected chi connectivity index (χ1v) is 5.95. The van der Waals surface area contributed by atoms with E-state index in [2.05, 4.69) is 5.32 Å². The van der Waals surface area contributed by atoms with Gasteiger partial charge in [-0.25, -0.2) is 4.39 Å². The van der Waals surface area contributed by atoms with E-state index in [4.69, 9.17) is 11.6 Å². The minimum atomic E-state index is -0.477. The van der Waals surface area contributed by atoms with E-state index in [0.717, 1.165) is 5.56 Å². The second-order valence-electron chi connectivity index (χ2n) is 3.71. The summed E-state index contributed by atoms with van der Waals surface area (Å²) >= 11 is 5.42. The number of para-hydroxylation sites is 1. The van der Waals surface area contributed by atoms with Crippen molar-refractivity contribution in [3.05, 3.63) is 54.3 Å². The molecule has 1 N–H and O–H groups in total. The average Bonchev–Trinajstić information content (AvgIpc) is 2.42. The maximum absolute atomic E-state index is 13.8. The molecule has 0 aliphatic heterocycles. The normalized spacial score (nSPS) is 10.1. The van der Waals surface area contributed by atoms with Crippen molar-refractivity contribution in [1.82, 2.24) is 0 Å². The van der Waals surface area contributed by atoms with E-state index in [-0.39, 0.29) is 11.6 Å². The monoisotopic (exact) mass is 263 g/mol. The van der Waals surface area contributed by atoms with Crippen molar-refractivity contribution in [2.75, 3.05) is 11.2 Å². The van der Waals surface area contributed by atoms with Gasteiger partial charge in [0.2, 0.25) is 5.91 Å². The van der Waals surface area contributed by atoms with Gasteiger partial charge in [-0.1, -0.05) is 42.5 Å². The van der Waals surface area contributed by atoms with Crippen molar-refractivity contribution in [3.63, 3.8) is 0 Å². The van der Waals surface area contributed by atoms with Gasteiger partial charge in [0.15, 0.2) is 0 Å². The molecule has 2 rings (SSSR count). The topological polar surface area (TPSA) is 29.1 Å². The first-order valence-electron chi connectivity index (χ1n) is 5.42. The summed E-state index contributed by atoms with van der Waals surface area (Å²) in [5.74, 6) is -1.11. The summed E-state index contributed by atoms with van der Waals surface area (Å²) in [7, 11) is 0. The molecule has 0 aromatic heterocycles. The van der Waals surface area contributed by atoms with Gasteiger partial charge >= 0.3 is 0 Å². The fourth-order valence-corrected chi connectivity index (χ4v) is 1.75. The first-order chi connectivity index (χ1) is 8.72. The molecule has 2 aromatic carbocycles. The fraction of sp³-hybridized carbons (Fsp3) is 0.0714. The highest BCUT2D eigenvalue weighted by atomic mass is 35.5. The number of anilines is 1. The SMILES string of the molecule is O=C(CCl)Nc1c(F)cccc1-c1ccccc1. The number of alkyl halides is 1. The summed E-state index contributed by atoms with van der Waals surface area (Å²) in [5, 5.41) is 2.48. The Morgan fingerprint density at radius 3 is 2.50 bits per heavy atom. The molecule has 0 spiro atoms. The van der Waals surface area contributed by atoms with Gasteiger partial charge in [-0.3, -0.25) is 4.79 Å². The number of rotatable bonds is 3. The Balaban J connectivity index is 2.48. The van der Waals surface area contributed by atoms with Crippen LogP contribution in [0.4, 0.5) is 10.1 Å². The fourth-order valence-electron chi connectivity index (χ4n) is 1.68. The number of carbonyl (C=O) groups is 1. The molecule has 0 fully saturated rings. The van der Waals surface area contributed by atoms with Crippen LogP contribution in [0.1, 0.15) is 0 Å². The van der Waals surface area contributed by atoms with Gasteiger partial charge in [0.05, 0.1) is 5.69 Å². The molecule has 4 heteroatoms. The molecule has 0 unspecified atom stereocenters. The van der Waals surface area contributed by atoms with E-state index in [1.165, 1.54) is 6.07 Å². The number of hydrogen-bond donors (Lipinski definition) is 1. The van der Waals surface area contributed by atoms with Crippen LogP contribution in [0.25, 0.3) is 11.1 Å². The lowest BCUT2D eigenvalue weighted by Crippen LogP contribution is -2.14. The smallest absolute Gasteiger partial charge is 0.239 e. The first kappa shape index (κ1) is 12.6. The predicted molar refractivity (Wildman–Crippen MR) is 71.2 cm³/mol. The quantitative estimate of drug-likeness (QED) is 0.841. The molecule has 0 saturated heterocycles. The van der Waals surface area contributed by atoms with Gasteiger partial charge in [0, 0.05) is 5.56 Å². The van der Waals surface area contributed by atoms with Crippen molar-refractivity contribution in [3.8, 4) is 11.1 Å². The van der Waals surface area contributed by atoms with Crippen molar-refractivity contribution in [1.29, 1.82) is 0 Å². The molecule has 0 bridgehead atoms. The Kier molecular flexibility index (Phi) is 3.95. The molecule has 1 amide bonds. The summed E-state index contributed by atoms with van der Waals surface area (Å²) in [6.45, 7) is 0. The zero-order valence-electron chi connectivity index (χ0n) is 9.49. The molecule has 0 radical (unpaired) electrons. The average molecular weight is 264 g/mol. The predicted octanol–water partition coefficient (Wildman–Crippen LogP) is 3.67. The zero-order chi connectivity index (χ0) is 13.0. The van der Waals surface area contributed by atoms with Crippen molar-refractivity contribution in [2.45, 2.75) is 0 Å². The highest BCUT2D eigenvalue weighted by molar-refractivity contribution is 6.29. The zero-order valence-corrected chi connectivity index (χ0v) is 10.2. The molecule has 0 saturated carbocycles. The van der Waals surface area contributed by atoms with E-state index in [0.29, 0.717) is 5.56 Å². The summed E-state index contributed by atoms with van der Waals surface area (Å²) in [5.41, 5.74) is 1.63. The minimum Gasteiger partial charge on any atom is -0.322 e. The lowest BCUT2D eigenvalue weighted by molar-refractivity contribution is -0.113. The second kappa shape index (κ2) is 5.65. The maximum Gasteiger partial charge on any atom is 0.239 e. The van der Waals surface area contributed by atoms with Gasteiger partial charge < -0.3 is 5.32 Å². The van der Waals surface area contributed by atoms with Gasteiger partial charge in [-0.05, 0) is 11.6 Å².